The summed E-state index contributed by atoms with van der Waals surface area (Å²) >= 11 is 0. The van der Waals surface area contributed by atoms with Gasteiger partial charge in [0.1, 0.15) is 22.9 Å². The maximum Gasteiger partial charge on any atom is 0.573 e. The normalized spacial score (nSPS) is 21.6. The number of anilines is 1. The smallest absolute Gasteiger partial charge is 0.424 e. The van der Waals surface area contributed by atoms with Crippen molar-refractivity contribution < 1.29 is 35.8 Å². The van der Waals surface area contributed by atoms with Gasteiger partial charge in [0.2, 0.25) is 0 Å². The number of piperidine rings is 1. The van der Waals surface area contributed by atoms with Crippen molar-refractivity contribution in [1.82, 2.24) is 24.5 Å². The van der Waals surface area contributed by atoms with Crippen LogP contribution in [-0.2, 0) is 6.18 Å². The SMILES string of the molecule is Cc1cc(N2CC3CCC(C2)C3N)n(-c2nc(Oc3ccc(OC(F)(F)F)c(C(F)(F)F)c3)n(C(C)C)n2)n1. The van der Waals surface area contributed by atoms with Crippen LogP contribution in [0.3, 0.4) is 0 Å². The molecule has 0 spiro atoms. The number of fused-ring (bicyclic) bond motifs is 2. The molecule has 1 aliphatic carbocycles. The minimum atomic E-state index is -5.30. The lowest BCUT2D eigenvalue weighted by molar-refractivity contribution is -0.276. The highest BCUT2D eigenvalue weighted by Gasteiger charge is 2.42. The van der Waals surface area contributed by atoms with Crippen molar-refractivity contribution in [3.63, 3.8) is 0 Å². The van der Waals surface area contributed by atoms with Crippen LogP contribution in [0.4, 0.5) is 32.2 Å². The van der Waals surface area contributed by atoms with Crippen LogP contribution in [-0.4, -0.2) is 50.0 Å². The highest BCUT2D eigenvalue weighted by molar-refractivity contribution is 5.47. The summed E-state index contributed by atoms with van der Waals surface area (Å²) in [7, 11) is 0. The highest BCUT2D eigenvalue weighted by atomic mass is 19.4. The van der Waals surface area contributed by atoms with Gasteiger partial charge in [0.25, 0.3) is 5.95 Å². The summed E-state index contributed by atoms with van der Waals surface area (Å²) in [5.74, 6) is -0.163. The standard InChI is InChI=1S/C24H27F6N7O2/c1-12(2)36-22(38-16-6-7-18(39-24(28,29)30)17(9-16)23(25,26)27)32-21(34-36)37-19(8-13(3)33-37)35-10-14-4-5-15(11-35)20(14)31/h6-9,12,14-15,20H,4-5,10-11,31H2,1-3H3. The van der Waals surface area contributed by atoms with E-state index in [4.69, 9.17) is 10.5 Å². The third-order valence-corrected chi connectivity index (χ3v) is 7.00. The number of benzene rings is 1. The van der Waals surface area contributed by atoms with E-state index in [1.54, 1.807) is 18.5 Å². The summed E-state index contributed by atoms with van der Waals surface area (Å²) in [5.41, 5.74) is 5.43. The molecule has 0 amide bonds. The van der Waals surface area contributed by atoms with Gasteiger partial charge in [-0.2, -0.15) is 27.9 Å². The topological polar surface area (TPSA) is 96.2 Å². The van der Waals surface area contributed by atoms with Crippen LogP contribution in [0.15, 0.2) is 24.3 Å². The van der Waals surface area contributed by atoms with Crippen molar-refractivity contribution >= 4 is 5.82 Å². The van der Waals surface area contributed by atoms with E-state index in [1.165, 1.54) is 4.68 Å². The first-order chi connectivity index (χ1) is 18.2. The second-order valence-electron chi connectivity index (χ2n) is 10.2. The van der Waals surface area contributed by atoms with Gasteiger partial charge in [0, 0.05) is 25.2 Å². The Bertz CT molecular complexity index is 1340. The van der Waals surface area contributed by atoms with Crippen LogP contribution in [0.1, 0.15) is 44.0 Å². The van der Waals surface area contributed by atoms with Crippen LogP contribution in [0, 0.1) is 18.8 Å². The molecule has 2 unspecified atom stereocenters. The van der Waals surface area contributed by atoms with Gasteiger partial charge in [-0.1, -0.05) is 0 Å². The molecule has 1 saturated heterocycles. The molecule has 15 heteroatoms. The summed E-state index contributed by atoms with van der Waals surface area (Å²) in [4.78, 5) is 6.59. The van der Waals surface area contributed by atoms with Gasteiger partial charge in [-0.3, -0.25) is 0 Å². The Balaban J connectivity index is 1.48. The largest absolute Gasteiger partial charge is 0.573 e. The lowest BCUT2D eigenvalue weighted by Gasteiger charge is -2.37. The van der Waals surface area contributed by atoms with Gasteiger partial charge < -0.3 is 20.1 Å². The number of aryl methyl sites for hydroxylation is 1. The molecule has 9 nitrogen and oxygen atoms in total. The van der Waals surface area contributed by atoms with E-state index in [1.807, 2.05) is 13.0 Å². The van der Waals surface area contributed by atoms with E-state index < -0.39 is 29.6 Å². The number of halogens is 6. The van der Waals surface area contributed by atoms with Crippen molar-refractivity contribution in [2.24, 2.45) is 17.6 Å². The number of hydrogen-bond acceptors (Lipinski definition) is 7. The monoisotopic (exact) mass is 559 g/mol. The summed E-state index contributed by atoms with van der Waals surface area (Å²) in [6, 6.07) is 3.50. The molecule has 3 aromatic rings. The summed E-state index contributed by atoms with van der Waals surface area (Å²) in [6.45, 7) is 6.87. The van der Waals surface area contributed by atoms with Crippen molar-refractivity contribution in [2.75, 3.05) is 18.0 Å². The second-order valence-corrected chi connectivity index (χ2v) is 10.2. The van der Waals surface area contributed by atoms with Crippen molar-refractivity contribution in [3.05, 3.63) is 35.5 Å². The van der Waals surface area contributed by atoms with Crippen molar-refractivity contribution in [1.29, 1.82) is 0 Å². The van der Waals surface area contributed by atoms with Crippen LogP contribution in [0.5, 0.6) is 17.5 Å². The molecule has 2 aliphatic rings. The van der Waals surface area contributed by atoms with Gasteiger partial charge in [-0.15, -0.1) is 18.3 Å². The van der Waals surface area contributed by atoms with E-state index in [0.29, 0.717) is 29.7 Å². The summed E-state index contributed by atoms with van der Waals surface area (Å²) in [6.07, 6.45) is -8.32. The van der Waals surface area contributed by atoms with Crippen LogP contribution >= 0.6 is 0 Å². The number of nitrogens with zero attached hydrogens (tertiary/aromatic N) is 6. The first kappa shape index (κ1) is 27.1. The molecule has 1 aromatic carbocycles. The maximum absolute atomic E-state index is 13.5. The molecular weight excluding hydrogens is 532 g/mol. The number of aromatic nitrogens is 5. The Kier molecular flexibility index (Phi) is 6.67. The quantitative estimate of drug-likeness (QED) is 0.413. The Hall–Kier alpha value is -3.49. The number of alkyl halides is 6. The van der Waals surface area contributed by atoms with Crippen LogP contribution in [0.2, 0.25) is 0 Å². The molecule has 39 heavy (non-hydrogen) atoms. The molecule has 1 saturated carbocycles. The zero-order valence-electron chi connectivity index (χ0n) is 21.3. The first-order valence-electron chi connectivity index (χ1n) is 12.4. The second kappa shape index (κ2) is 9.61. The minimum absolute atomic E-state index is 0.136. The summed E-state index contributed by atoms with van der Waals surface area (Å²) in [5, 5.41) is 9.02. The number of ether oxygens (including phenoxy) is 2. The van der Waals surface area contributed by atoms with Gasteiger partial charge in [0.15, 0.2) is 0 Å². The molecule has 1 aliphatic heterocycles. The predicted molar refractivity (Wildman–Crippen MR) is 127 cm³/mol. The fourth-order valence-electron chi connectivity index (χ4n) is 5.22. The molecule has 212 valence electrons. The third kappa shape index (κ3) is 5.49. The molecule has 2 aromatic heterocycles. The van der Waals surface area contributed by atoms with E-state index in [9.17, 15) is 26.3 Å². The van der Waals surface area contributed by atoms with E-state index >= 15 is 0 Å². The van der Waals surface area contributed by atoms with Gasteiger partial charge in [-0.05, 0) is 63.6 Å². The molecule has 2 fully saturated rings. The van der Waals surface area contributed by atoms with Gasteiger partial charge >= 0.3 is 18.5 Å². The lowest BCUT2D eigenvalue weighted by atomic mass is 9.93. The minimum Gasteiger partial charge on any atom is -0.424 e. The van der Waals surface area contributed by atoms with Crippen LogP contribution in [0.25, 0.3) is 5.95 Å². The average molecular weight is 560 g/mol. The fraction of sp³-hybridized carbons (Fsp3) is 0.542. The third-order valence-electron chi connectivity index (χ3n) is 7.00. The maximum atomic E-state index is 13.5. The lowest BCUT2D eigenvalue weighted by Crippen LogP contribution is -2.49. The number of rotatable bonds is 6. The zero-order chi connectivity index (χ0) is 28.3. The number of hydrogen-bond donors (Lipinski definition) is 1. The number of nitrogens with two attached hydrogens (primary N) is 1. The molecule has 2 atom stereocenters. The Labute approximate surface area is 219 Å². The van der Waals surface area contributed by atoms with Crippen molar-refractivity contribution in [2.45, 2.75) is 58.2 Å². The molecule has 3 heterocycles. The van der Waals surface area contributed by atoms with E-state index in [2.05, 4.69) is 24.8 Å². The van der Waals surface area contributed by atoms with Crippen LogP contribution < -0.4 is 20.1 Å². The fourth-order valence-corrected chi connectivity index (χ4v) is 5.22. The molecule has 0 radical (unpaired) electrons. The van der Waals surface area contributed by atoms with E-state index in [0.717, 1.165) is 37.8 Å². The average Bonchev–Trinajstić information content (AvgIpc) is 3.46. The van der Waals surface area contributed by atoms with Gasteiger partial charge in [0.05, 0.1) is 11.7 Å². The molecule has 5 rings (SSSR count). The Morgan fingerprint density at radius 3 is 2.26 bits per heavy atom. The first-order valence-corrected chi connectivity index (χ1v) is 12.4. The molecular formula is C24H27F6N7O2. The highest BCUT2D eigenvalue weighted by Crippen LogP contribution is 2.42. The summed E-state index contributed by atoms with van der Waals surface area (Å²) < 4.78 is 90.6. The van der Waals surface area contributed by atoms with Crippen molar-refractivity contribution in [3.8, 4) is 23.5 Å². The van der Waals surface area contributed by atoms with Gasteiger partial charge in [-0.25, -0.2) is 4.68 Å². The Morgan fingerprint density at radius 2 is 1.67 bits per heavy atom. The predicted octanol–water partition coefficient (Wildman–Crippen LogP) is 5.24. The zero-order valence-corrected chi connectivity index (χ0v) is 21.3. The van der Waals surface area contributed by atoms with E-state index in [-0.39, 0.29) is 24.0 Å². The molecule has 2 N–H and O–H groups in total. The Morgan fingerprint density at radius 1 is 1.00 bits per heavy atom. The molecule has 2 bridgehead atoms.